The number of carbonyl (C=O) groups excluding carboxylic acids is 1. The molecule has 19 heavy (non-hydrogen) atoms. The molecule has 2 N–H and O–H groups in total. The number of carbonyl (C=O) groups is 1. The minimum atomic E-state index is -0.273. The number of ether oxygens (including phenoxy) is 1. The molecule has 2 rings (SSSR count). The van der Waals surface area contributed by atoms with Crippen LogP contribution in [0.5, 0.6) is 11.5 Å². The van der Waals surface area contributed by atoms with E-state index in [1.165, 1.54) is 6.07 Å². The maximum absolute atomic E-state index is 11.7. The highest BCUT2D eigenvalue weighted by molar-refractivity contribution is 14.1. The lowest BCUT2D eigenvalue weighted by molar-refractivity contribution is -0.118. The summed E-state index contributed by atoms with van der Waals surface area (Å²) >= 11 is 2.17. The first kappa shape index (κ1) is 13.7. The van der Waals surface area contributed by atoms with E-state index < -0.39 is 0 Å². The first-order valence-electron chi connectivity index (χ1n) is 5.61. The Balaban J connectivity index is 1.90. The van der Waals surface area contributed by atoms with Crippen molar-refractivity contribution < 1.29 is 14.6 Å². The van der Waals surface area contributed by atoms with E-state index in [9.17, 15) is 9.90 Å². The number of phenolic OH excluding ortho intramolecular Hbond substituents is 1. The molecule has 2 aromatic carbocycles. The van der Waals surface area contributed by atoms with Gasteiger partial charge in [-0.3, -0.25) is 4.79 Å². The van der Waals surface area contributed by atoms with Crippen LogP contribution in [-0.4, -0.2) is 17.6 Å². The molecule has 4 nitrogen and oxygen atoms in total. The fourth-order valence-electron chi connectivity index (χ4n) is 1.49. The van der Waals surface area contributed by atoms with Crippen LogP contribution in [0.3, 0.4) is 0 Å². The second-order valence-corrected chi connectivity index (χ2v) is 5.06. The summed E-state index contributed by atoms with van der Waals surface area (Å²) in [5, 5.41) is 12.2. The molecule has 0 aliphatic rings. The lowest BCUT2D eigenvalue weighted by Gasteiger charge is -2.08. The Hall–Kier alpha value is -1.76. The van der Waals surface area contributed by atoms with E-state index in [1.54, 1.807) is 24.3 Å². The number of phenols is 1. The third-order valence-corrected chi connectivity index (χ3v) is 3.00. The largest absolute Gasteiger partial charge is 0.504 e. The Morgan fingerprint density at radius 3 is 2.74 bits per heavy atom. The maximum atomic E-state index is 11.7. The molecule has 0 saturated carbocycles. The van der Waals surface area contributed by atoms with Gasteiger partial charge in [0.05, 0.1) is 0 Å². The summed E-state index contributed by atoms with van der Waals surface area (Å²) in [7, 11) is 0. The van der Waals surface area contributed by atoms with Gasteiger partial charge in [-0.25, -0.2) is 0 Å². The van der Waals surface area contributed by atoms with Gasteiger partial charge in [-0.1, -0.05) is 18.2 Å². The van der Waals surface area contributed by atoms with Gasteiger partial charge in [-0.15, -0.1) is 0 Å². The average molecular weight is 369 g/mol. The molecule has 0 fully saturated rings. The second-order valence-electron chi connectivity index (χ2n) is 3.81. The summed E-state index contributed by atoms with van der Waals surface area (Å²) in [6, 6.07) is 14.0. The highest BCUT2D eigenvalue weighted by atomic mass is 127. The molecule has 98 valence electrons. The predicted octanol–water partition coefficient (Wildman–Crippen LogP) is 3.01. The third kappa shape index (κ3) is 4.13. The first-order valence-corrected chi connectivity index (χ1v) is 6.69. The van der Waals surface area contributed by atoms with Crippen molar-refractivity contribution in [3.05, 3.63) is 52.1 Å². The minimum absolute atomic E-state index is 0.0181. The van der Waals surface area contributed by atoms with Crippen LogP contribution in [0.1, 0.15) is 0 Å². The van der Waals surface area contributed by atoms with Crippen LogP contribution in [0, 0.1) is 3.57 Å². The molecule has 0 atom stereocenters. The molecule has 0 aromatic heterocycles. The molecule has 0 bridgehead atoms. The Labute approximate surface area is 124 Å². The Morgan fingerprint density at radius 1 is 1.21 bits per heavy atom. The van der Waals surface area contributed by atoms with Gasteiger partial charge in [-0.2, -0.15) is 0 Å². The number of anilines is 1. The minimum Gasteiger partial charge on any atom is -0.504 e. The maximum Gasteiger partial charge on any atom is 0.262 e. The van der Waals surface area contributed by atoms with Gasteiger partial charge >= 0.3 is 0 Å². The predicted molar refractivity (Wildman–Crippen MR) is 81.4 cm³/mol. The molecule has 2 aromatic rings. The first-order chi connectivity index (χ1) is 9.15. The zero-order valence-electron chi connectivity index (χ0n) is 9.97. The van der Waals surface area contributed by atoms with Crippen molar-refractivity contribution in [3.8, 4) is 11.5 Å². The highest BCUT2D eigenvalue weighted by Crippen LogP contribution is 2.24. The molecule has 5 heteroatoms. The van der Waals surface area contributed by atoms with Gasteiger partial charge in [0.15, 0.2) is 18.1 Å². The number of hydrogen-bond donors (Lipinski definition) is 2. The molecule has 0 spiro atoms. The molecular formula is C14H12INO3. The van der Waals surface area contributed by atoms with Gasteiger partial charge in [0, 0.05) is 9.26 Å². The molecule has 0 aliphatic heterocycles. The summed E-state index contributed by atoms with van der Waals surface area (Å²) < 4.78 is 6.28. The van der Waals surface area contributed by atoms with Crippen LogP contribution in [-0.2, 0) is 4.79 Å². The standard InChI is InChI=1S/C14H12INO3/c15-10-4-3-5-11(8-10)16-14(18)9-19-13-7-2-1-6-12(13)17/h1-8,17H,9H2,(H,16,18). The van der Waals surface area contributed by atoms with Crippen molar-refractivity contribution in [2.45, 2.75) is 0 Å². The second kappa shape index (κ2) is 6.42. The van der Waals surface area contributed by atoms with E-state index in [0.29, 0.717) is 5.75 Å². The number of hydrogen-bond acceptors (Lipinski definition) is 3. The Bertz CT molecular complexity index is 586. The monoisotopic (exact) mass is 369 g/mol. The molecule has 0 heterocycles. The Morgan fingerprint density at radius 2 is 2.00 bits per heavy atom. The number of rotatable bonds is 4. The van der Waals surface area contributed by atoms with Gasteiger partial charge in [0.2, 0.25) is 0 Å². The summed E-state index contributed by atoms with van der Waals surface area (Å²) in [6.45, 7) is -0.150. The quantitative estimate of drug-likeness (QED) is 0.815. The van der Waals surface area contributed by atoms with Gasteiger partial charge in [0.1, 0.15) is 0 Å². The topological polar surface area (TPSA) is 58.6 Å². The van der Waals surface area contributed by atoms with Crippen molar-refractivity contribution >= 4 is 34.2 Å². The zero-order chi connectivity index (χ0) is 13.7. The SMILES string of the molecule is O=C(COc1ccccc1O)Nc1cccc(I)c1. The van der Waals surface area contributed by atoms with Crippen LogP contribution in [0.2, 0.25) is 0 Å². The molecule has 0 saturated heterocycles. The van der Waals surface area contributed by atoms with Crippen molar-refractivity contribution in [3.63, 3.8) is 0 Å². The summed E-state index contributed by atoms with van der Waals surface area (Å²) in [5.41, 5.74) is 0.720. The number of nitrogens with one attached hydrogen (secondary N) is 1. The fourth-order valence-corrected chi connectivity index (χ4v) is 2.03. The molecular weight excluding hydrogens is 357 g/mol. The van der Waals surface area contributed by atoms with E-state index in [0.717, 1.165) is 9.26 Å². The van der Waals surface area contributed by atoms with Crippen LogP contribution in [0.4, 0.5) is 5.69 Å². The summed E-state index contributed by atoms with van der Waals surface area (Å²) in [6.07, 6.45) is 0. The zero-order valence-corrected chi connectivity index (χ0v) is 12.1. The number of halogens is 1. The van der Waals surface area contributed by atoms with Gasteiger partial charge in [0.25, 0.3) is 5.91 Å². The van der Waals surface area contributed by atoms with Crippen molar-refractivity contribution in [2.75, 3.05) is 11.9 Å². The van der Waals surface area contributed by atoms with Crippen LogP contribution in [0.25, 0.3) is 0 Å². The highest BCUT2D eigenvalue weighted by Gasteiger charge is 2.06. The van der Waals surface area contributed by atoms with E-state index >= 15 is 0 Å². The van der Waals surface area contributed by atoms with Crippen LogP contribution >= 0.6 is 22.6 Å². The van der Waals surface area contributed by atoms with Crippen LogP contribution in [0.15, 0.2) is 48.5 Å². The third-order valence-electron chi connectivity index (χ3n) is 2.33. The normalized spacial score (nSPS) is 9.95. The smallest absolute Gasteiger partial charge is 0.262 e. The van der Waals surface area contributed by atoms with E-state index in [2.05, 4.69) is 27.9 Å². The summed E-state index contributed by atoms with van der Waals surface area (Å²) in [5.74, 6) is 0.0371. The molecule has 0 unspecified atom stereocenters. The number of aromatic hydroxyl groups is 1. The lowest BCUT2D eigenvalue weighted by atomic mass is 10.3. The van der Waals surface area contributed by atoms with Crippen LogP contribution < -0.4 is 10.1 Å². The Kier molecular flexibility index (Phi) is 4.62. The lowest BCUT2D eigenvalue weighted by Crippen LogP contribution is -2.20. The van der Waals surface area contributed by atoms with E-state index in [1.807, 2.05) is 18.2 Å². The fraction of sp³-hybridized carbons (Fsp3) is 0.0714. The molecule has 1 amide bonds. The van der Waals surface area contributed by atoms with E-state index in [-0.39, 0.29) is 18.3 Å². The van der Waals surface area contributed by atoms with Gasteiger partial charge in [-0.05, 0) is 52.9 Å². The molecule has 0 aliphatic carbocycles. The van der Waals surface area contributed by atoms with Gasteiger partial charge < -0.3 is 15.2 Å². The average Bonchev–Trinajstić information content (AvgIpc) is 2.38. The number of para-hydroxylation sites is 2. The van der Waals surface area contributed by atoms with Crippen molar-refractivity contribution in [1.82, 2.24) is 0 Å². The van der Waals surface area contributed by atoms with E-state index in [4.69, 9.17) is 4.74 Å². The molecule has 0 radical (unpaired) electrons. The van der Waals surface area contributed by atoms with Crippen molar-refractivity contribution in [2.24, 2.45) is 0 Å². The number of benzene rings is 2. The van der Waals surface area contributed by atoms with Crippen molar-refractivity contribution in [1.29, 1.82) is 0 Å². The summed E-state index contributed by atoms with van der Waals surface area (Å²) in [4.78, 5) is 11.7. The number of amides is 1.